The van der Waals surface area contributed by atoms with Crippen LogP contribution in [0.15, 0.2) is 24.3 Å². The average Bonchev–Trinajstić information content (AvgIpc) is 2.72. The Morgan fingerprint density at radius 3 is 2.68 bits per heavy atom. The molecule has 0 bridgehead atoms. The maximum atomic E-state index is 13.4. The van der Waals surface area contributed by atoms with Crippen LogP contribution in [-0.2, 0) is 4.79 Å². The molecule has 1 N–H and O–H groups in total. The van der Waals surface area contributed by atoms with Gasteiger partial charge >= 0.3 is 0 Å². The maximum Gasteiger partial charge on any atom is 0.260 e. The number of piperidine rings is 1. The second-order valence-electron chi connectivity index (χ2n) is 7.51. The minimum Gasteiger partial charge on any atom is -0.467 e. The molecule has 1 fully saturated rings. The van der Waals surface area contributed by atoms with E-state index in [2.05, 4.69) is 18.7 Å². The van der Waals surface area contributed by atoms with Crippen molar-refractivity contribution in [3.63, 3.8) is 0 Å². The fraction of sp³-hybridized carbons (Fsp3) is 0.545. The smallest absolute Gasteiger partial charge is 0.260 e. The van der Waals surface area contributed by atoms with Crippen molar-refractivity contribution in [3.05, 3.63) is 35.4 Å². The van der Waals surface area contributed by atoms with Gasteiger partial charge in [0.25, 0.3) is 5.91 Å². The van der Waals surface area contributed by atoms with E-state index in [0.717, 1.165) is 50.9 Å². The van der Waals surface area contributed by atoms with Crippen molar-refractivity contribution in [1.29, 1.82) is 0 Å². The van der Waals surface area contributed by atoms with Crippen LogP contribution in [0, 0.1) is 0 Å². The highest BCUT2D eigenvalue weighted by atomic mass is 16.5. The Hall–Kier alpha value is -2.18. The lowest BCUT2D eigenvalue weighted by atomic mass is 9.93. The lowest BCUT2D eigenvalue weighted by Crippen LogP contribution is -2.63. The summed E-state index contributed by atoms with van der Waals surface area (Å²) in [5.74, 6) is 0.253. The fourth-order valence-electron chi connectivity index (χ4n) is 3.95. The van der Waals surface area contributed by atoms with E-state index in [1.165, 1.54) is 6.08 Å². The summed E-state index contributed by atoms with van der Waals surface area (Å²) in [5, 5.41) is 8.86. The summed E-state index contributed by atoms with van der Waals surface area (Å²) in [6, 6.07) is 5.43. The molecule has 1 saturated heterocycles. The third kappa shape index (κ3) is 4.13. The first kappa shape index (κ1) is 20.6. The zero-order valence-electron chi connectivity index (χ0n) is 16.8. The second-order valence-corrected chi connectivity index (χ2v) is 7.51. The Morgan fingerprint density at radius 2 is 2.04 bits per heavy atom. The molecule has 0 radical (unpaired) electrons. The molecule has 2 aliphatic rings. The van der Waals surface area contributed by atoms with Crippen LogP contribution in [0.5, 0.6) is 5.75 Å². The normalized spacial score (nSPS) is 19.1. The van der Waals surface area contributed by atoms with E-state index in [1.807, 2.05) is 17.0 Å². The van der Waals surface area contributed by atoms with Crippen molar-refractivity contribution < 1.29 is 19.4 Å². The Balaban J connectivity index is 1.91. The molecule has 1 spiro atoms. The quantitative estimate of drug-likeness (QED) is 0.730. The summed E-state index contributed by atoms with van der Waals surface area (Å²) in [7, 11) is 0. The molecule has 0 unspecified atom stereocenters. The third-order valence-electron chi connectivity index (χ3n) is 5.71. The van der Waals surface area contributed by atoms with Crippen LogP contribution in [0.2, 0.25) is 0 Å². The third-order valence-corrected chi connectivity index (χ3v) is 5.71. The Kier molecular flexibility index (Phi) is 6.52. The summed E-state index contributed by atoms with van der Waals surface area (Å²) in [6.07, 6.45) is 6.51. The van der Waals surface area contributed by atoms with Gasteiger partial charge in [-0.2, -0.15) is 0 Å². The lowest BCUT2D eigenvalue weighted by molar-refractivity contribution is -0.117. The predicted molar refractivity (Wildman–Crippen MR) is 108 cm³/mol. The molecule has 152 valence electrons. The standard InChI is InChI=1S/C22H30N2O4/c1-3-5-12-24-21(27)19-15-17(6-8-18(26)16-25)7-9-20(19)28-22(24)10-13-23(4-2)14-11-22/h6-9,15,25H,3-5,10-14,16H2,1-2H3/b8-6+. The molecule has 0 atom stereocenters. The van der Waals surface area contributed by atoms with Crippen LogP contribution in [0.25, 0.3) is 6.08 Å². The van der Waals surface area contributed by atoms with E-state index in [9.17, 15) is 9.59 Å². The average molecular weight is 386 g/mol. The number of unbranched alkanes of at least 4 members (excludes halogenated alkanes) is 1. The first-order chi connectivity index (χ1) is 13.5. The summed E-state index contributed by atoms with van der Waals surface area (Å²) >= 11 is 0. The zero-order chi connectivity index (χ0) is 20.1. The first-order valence-electron chi connectivity index (χ1n) is 10.2. The van der Waals surface area contributed by atoms with Crippen LogP contribution in [-0.4, -0.2) is 65.1 Å². The maximum absolute atomic E-state index is 13.4. The molecule has 6 heteroatoms. The number of hydrogen-bond acceptors (Lipinski definition) is 5. The molecule has 1 amide bonds. The summed E-state index contributed by atoms with van der Waals surface area (Å²) in [4.78, 5) is 29.0. The highest BCUT2D eigenvalue weighted by Crippen LogP contribution is 2.40. The molecule has 0 aromatic heterocycles. The number of likely N-dealkylation sites (tertiary alicyclic amines) is 1. The predicted octanol–water partition coefficient (Wildman–Crippen LogP) is 2.71. The van der Waals surface area contributed by atoms with Gasteiger partial charge in [0, 0.05) is 32.5 Å². The van der Waals surface area contributed by atoms with Crippen molar-refractivity contribution in [2.45, 2.75) is 45.3 Å². The SMILES string of the molecule is CCCCN1C(=O)c2cc(/C=C/C(=O)CO)ccc2OC12CCN(CC)CC2. The van der Waals surface area contributed by atoms with Crippen molar-refractivity contribution in [2.75, 3.05) is 32.8 Å². The van der Waals surface area contributed by atoms with E-state index in [0.29, 0.717) is 17.9 Å². The molecule has 6 nitrogen and oxygen atoms in total. The number of aliphatic hydroxyl groups is 1. The number of ether oxygens (including phenoxy) is 1. The van der Waals surface area contributed by atoms with E-state index < -0.39 is 12.3 Å². The largest absolute Gasteiger partial charge is 0.467 e. The van der Waals surface area contributed by atoms with Crippen LogP contribution in [0.1, 0.15) is 55.5 Å². The van der Waals surface area contributed by atoms with Gasteiger partial charge in [-0.1, -0.05) is 32.4 Å². The molecule has 1 aromatic carbocycles. The molecular weight excluding hydrogens is 356 g/mol. The molecule has 3 rings (SSSR count). The number of nitrogens with zero attached hydrogens (tertiary/aromatic N) is 2. The highest BCUT2D eigenvalue weighted by molar-refractivity contribution is 5.99. The van der Waals surface area contributed by atoms with E-state index >= 15 is 0 Å². The van der Waals surface area contributed by atoms with Gasteiger partial charge in [-0.3, -0.25) is 9.59 Å². The van der Waals surface area contributed by atoms with E-state index in [-0.39, 0.29) is 11.7 Å². The van der Waals surface area contributed by atoms with Crippen LogP contribution >= 0.6 is 0 Å². The van der Waals surface area contributed by atoms with Crippen LogP contribution in [0.3, 0.4) is 0 Å². The van der Waals surface area contributed by atoms with Crippen molar-refractivity contribution in [3.8, 4) is 5.75 Å². The van der Waals surface area contributed by atoms with Gasteiger partial charge in [0.2, 0.25) is 0 Å². The highest BCUT2D eigenvalue weighted by Gasteiger charge is 2.48. The minimum absolute atomic E-state index is 0.00313. The van der Waals surface area contributed by atoms with Gasteiger partial charge in [0.1, 0.15) is 12.4 Å². The Labute approximate surface area is 166 Å². The van der Waals surface area contributed by atoms with Crippen LogP contribution in [0.4, 0.5) is 0 Å². The number of rotatable bonds is 7. The second kappa shape index (κ2) is 8.88. The van der Waals surface area contributed by atoms with Gasteiger partial charge in [-0.25, -0.2) is 0 Å². The zero-order valence-corrected chi connectivity index (χ0v) is 16.8. The summed E-state index contributed by atoms with van der Waals surface area (Å²) in [6.45, 7) is 7.30. The number of carbonyl (C=O) groups is 2. The Bertz CT molecular complexity index is 751. The van der Waals surface area contributed by atoms with Crippen molar-refractivity contribution in [1.82, 2.24) is 9.80 Å². The number of fused-ring (bicyclic) bond motifs is 1. The number of hydrogen-bond donors (Lipinski definition) is 1. The topological polar surface area (TPSA) is 70.1 Å². The molecule has 28 heavy (non-hydrogen) atoms. The van der Waals surface area contributed by atoms with E-state index in [1.54, 1.807) is 12.1 Å². The molecule has 2 heterocycles. The number of ketones is 1. The Morgan fingerprint density at radius 1 is 1.29 bits per heavy atom. The molecular formula is C22H30N2O4. The van der Waals surface area contributed by atoms with Gasteiger partial charge < -0.3 is 19.6 Å². The number of aliphatic hydroxyl groups excluding tert-OH is 1. The number of carbonyl (C=O) groups excluding carboxylic acids is 2. The lowest BCUT2D eigenvalue weighted by Gasteiger charge is -2.51. The van der Waals surface area contributed by atoms with Gasteiger partial charge in [-0.05, 0) is 36.7 Å². The molecule has 0 aliphatic carbocycles. The van der Waals surface area contributed by atoms with Crippen molar-refractivity contribution >= 4 is 17.8 Å². The number of amides is 1. The fourth-order valence-corrected chi connectivity index (χ4v) is 3.95. The molecule has 0 saturated carbocycles. The molecule has 2 aliphatic heterocycles. The van der Waals surface area contributed by atoms with Gasteiger partial charge in [0.05, 0.1) is 5.56 Å². The summed E-state index contributed by atoms with van der Waals surface area (Å²) in [5.41, 5.74) is 0.720. The van der Waals surface area contributed by atoms with Crippen molar-refractivity contribution in [2.24, 2.45) is 0 Å². The minimum atomic E-state index is -0.560. The van der Waals surface area contributed by atoms with Gasteiger partial charge in [0.15, 0.2) is 11.5 Å². The number of benzene rings is 1. The van der Waals surface area contributed by atoms with Crippen LogP contribution < -0.4 is 4.74 Å². The monoisotopic (exact) mass is 386 g/mol. The first-order valence-corrected chi connectivity index (χ1v) is 10.2. The summed E-state index contributed by atoms with van der Waals surface area (Å²) < 4.78 is 6.48. The van der Waals surface area contributed by atoms with Gasteiger partial charge in [-0.15, -0.1) is 0 Å². The molecule has 1 aromatic rings. The van der Waals surface area contributed by atoms with E-state index in [4.69, 9.17) is 9.84 Å².